The van der Waals surface area contributed by atoms with Crippen molar-refractivity contribution in [3.63, 3.8) is 0 Å². The Bertz CT molecular complexity index is 11.6. The van der Waals surface area contributed by atoms with Crippen LogP contribution in [0.5, 0.6) is 0 Å². The third kappa shape index (κ3) is 239. The summed E-state index contributed by atoms with van der Waals surface area (Å²) in [5.41, 5.74) is 0. The van der Waals surface area contributed by atoms with E-state index in [0.29, 0.717) is 0 Å². The Morgan fingerprint density at radius 1 is 1.00 bits per heavy atom. The second kappa shape index (κ2) is 4.31. The highest BCUT2D eigenvalue weighted by molar-refractivity contribution is 7.38. The van der Waals surface area contributed by atoms with E-state index in [2.05, 4.69) is 0 Å². The van der Waals surface area contributed by atoms with E-state index in [1.165, 1.54) is 0 Å². The zero-order valence-corrected chi connectivity index (χ0v) is 3.68. The maximum Gasteiger partial charge on any atom is 0.324 e. The molecule has 0 aliphatic heterocycles. The molecule has 0 atom stereocenters. The van der Waals surface area contributed by atoms with Gasteiger partial charge in [-0.25, -0.2) is 0 Å². The predicted octanol–water partition coefficient (Wildman–Crippen LogP) is -0.360. The van der Waals surface area contributed by atoms with Crippen LogP contribution in [0.2, 0.25) is 0 Å². The SMILES string of the molecule is OP(O)O.[CH3]. The van der Waals surface area contributed by atoms with Crippen molar-refractivity contribution in [1.82, 2.24) is 0 Å². The Kier molecular flexibility index (Phi) is 7.76. The maximum absolute atomic E-state index is 7.23. The largest absolute Gasteiger partial charge is 0.328 e. The number of rotatable bonds is 0. The molecule has 3 nitrogen and oxygen atoms in total. The molecule has 0 aliphatic carbocycles. The van der Waals surface area contributed by atoms with Gasteiger partial charge >= 0.3 is 8.60 Å². The van der Waals surface area contributed by atoms with E-state index in [9.17, 15) is 0 Å². The third-order valence-electron chi connectivity index (χ3n) is 0. The lowest BCUT2D eigenvalue weighted by Crippen LogP contribution is -1.54. The summed E-state index contributed by atoms with van der Waals surface area (Å²) >= 11 is 0. The molecule has 0 heterocycles. The minimum absolute atomic E-state index is 0. The van der Waals surface area contributed by atoms with Crippen LogP contribution >= 0.6 is 8.60 Å². The molecule has 3 N–H and O–H groups in total. The molecule has 0 fully saturated rings. The van der Waals surface area contributed by atoms with E-state index < -0.39 is 8.60 Å². The molecular formula is CH6O3P. The van der Waals surface area contributed by atoms with Crippen molar-refractivity contribution in [3.8, 4) is 0 Å². The Labute approximate surface area is 31.9 Å². The molecule has 0 bridgehead atoms. The maximum atomic E-state index is 7.23. The lowest BCUT2D eigenvalue weighted by atomic mass is 12.0. The molecule has 4 heteroatoms. The van der Waals surface area contributed by atoms with E-state index >= 15 is 0 Å². The van der Waals surface area contributed by atoms with Crippen molar-refractivity contribution < 1.29 is 14.7 Å². The molecule has 0 spiro atoms. The fourth-order valence-electron chi connectivity index (χ4n) is 0. The van der Waals surface area contributed by atoms with E-state index in [4.69, 9.17) is 14.7 Å². The lowest BCUT2D eigenvalue weighted by molar-refractivity contribution is 0.368. The van der Waals surface area contributed by atoms with Gasteiger partial charge in [0.2, 0.25) is 0 Å². The van der Waals surface area contributed by atoms with Crippen LogP contribution in [0.1, 0.15) is 0 Å². The summed E-state index contributed by atoms with van der Waals surface area (Å²) in [5, 5.41) is 0. The average Bonchev–Trinajstić information content (AvgIpc) is 0.811. The summed E-state index contributed by atoms with van der Waals surface area (Å²) in [6.45, 7) is 0. The molecule has 0 aromatic heterocycles. The highest BCUT2D eigenvalue weighted by Gasteiger charge is 1.76. The minimum Gasteiger partial charge on any atom is -0.328 e. The van der Waals surface area contributed by atoms with Crippen LogP contribution in [0.3, 0.4) is 0 Å². The van der Waals surface area contributed by atoms with Crippen LogP contribution in [-0.4, -0.2) is 14.7 Å². The third-order valence-corrected chi connectivity index (χ3v) is 0. The van der Waals surface area contributed by atoms with Gasteiger partial charge in [0.15, 0.2) is 0 Å². The van der Waals surface area contributed by atoms with Gasteiger partial charge in [0.05, 0.1) is 0 Å². The molecule has 0 saturated heterocycles. The van der Waals surface area contributed by atoms with Crippen molar-refractivity contribution in [2.75, 3.05) is 0 Å². The Morgan fingerprint density at radius 3 is 1.00 bits per heavy atom. The molecule has 0 rings (SSSR count). The van der Waals surface area contributed by atoms with Crippen LogP contribution in [0.4, 0.5) is 0 Å². The van der Waals surface area contributed by atoms with Crippen LogP contribution in [0.15, 0.2) is 0 Å². The van der Waals surface area contributed by atoms with Crippen molar-refractivity contribution in [2.45, 2.75) is 0 Å². The highest BCUT2D eigenvalue weighted by atomic mass is 31.2. The van der Waals surface area contributed by atoms with Gasteiger partial charge in [-0.05, 0) is 0 Å². The lowest BCUT2D eigenvalue weighted by Gasteiger charge is -1.76. The van der Waals surface area contributed by atoms with Crippen LogP contribution in [-0.2, 0) is 0 Å². The zero-order valence-electron chi connectivity index (χ0n) is 2.79. The van der Waals surface area contributed by atoms with Crippen LogP contribution in [0.25, 0.3) is 0 Å². The summed E-state index contributed by atoms with van der Waals surface area (Å²) in [6.07, 6.45) is 0. The van der Waals surface area contributed by atoms with Gasteiger partial charge in [0, 0.05) is 0 Å². The highest BCUT2D eigenvalue weighted by Crippen LogP contribution is 2.11. The van der Waals surface area contributed by atoms with E-state index in [0.717, 1.165) is 0 Å². The van der Waals surface area contributed by atoms with Gasteiger partial charge in [-0.3, -0.25) is 0 Å². The average molecular weight is 97.0 g/mol. The standard InChI is InChI=1S/CH3.H3O3P/c;1-4(2)3/h1H3;1-3H. The monoisotopic (exact) mass is 97.0 g/mol. The minimum atomic E-state index is -2.62. The second-order valence-electron chi connectivity index (χ2n) is 0.268. The van der Waals surface area contributed by atoms with Crippen molar-refractivity contribution >= 4 is 8.60 Å². The quantitative estimate of drug-likeness (QED) is 0.362. The predicted molar refractivity (Wildman–Crippen MR) is 20.0 cm³/mol. The fraction of sp³-hybridized carbons (Fsp3) is 0. The molecule has 0 aromatic carbocycles. The summed E-state index contributed by atoms with van der Waals surface area (Å²) < 4.78 is 0. The van der Waals surface area contributed by atoms with Gasteiger partial charge < -0.3 is 14.7 Å². The van der Waals surface area contributed by atoms with E-state index in [1.54, 1.807) is 0 Å². The first-order chi connectivity index (χ1) is 1.73. The smallest absolute Gasteiger partial charge is 0.324 e. The van der Waals surface area contributed by atoms with Crippen molar-refractivity contribution in [3.05, 3.63) is 7.43 Å². The summed E-state index contributed by atoms with van der Waals surface area (Å²) in [6, 6.07) is 0. The van der Waals surface area contributed by atoms with Gasteiger partial charge in [-0.1, -0.05) is 7.43 Å². The first-order valence-electron chi connectivity index (χ1n) is 0.600. The molecule has 1 radical (unpaired) electrons. The number of hydrogen-bond donors (Lipinski definition) is 3. The van der Waals surface area contributed by atoms with E-state index in [1.807, 2.05) is 0 Å². The molecule has 0 aromatic rings. The van der Waals surface area contributed by atoms with Gasteiger partial charge in [-0.2, -0.15) is 0 Å². The molecule has 0 saturated carbocycles. The summed E-state index contributed by atoms with van der Waals surface area (Å²) in [5.74, 6) is 0. The molecule has 0 aliphatic rings. The molecule has 0 amide bonds. The van der Waals surface area contributed by atoms with Gasteiger partial charge in [0.25, 0.3) is 0 Å². The molecule has 5 heavy (non-hydrogen) atoms. The van der Waals surface area contributed by atoms with Crippen molar-refractivity contribution in [1.29, 1.82) is 0 Å². The summed E-state index contributed by atoms with van der Waals surface area (Å²) in [4.78, 5) is 21.7. The molecular weight excluding hydrogens is 91.0 g/mol. The zero-order chi connectivity index (χ0) is 3.58. The Morgan fingerprint density at radius 2 is 1.00 bits per heavy atom. The molecule has 33 valence electrons. The van der Waals surface area contributed by atoms with Gasteiger partial charge in [0.1, 0.15) is 0 Å². The first kappa shape index (κ1) is 9.00. The van der Waals surface area contributed by atoms with Crippen LogP contribution in [0, 0.1) is 7.43 Å². The topological polar surface area (TPSA) is 60.7 Å². The first-order valence-corrected chi connectivity index (χ1v) is 1.80. The summed E-state index contributed by atoms with van der Waals surface area (Å²) in [7, 11) is -2.62. The normalized spacial score (nSPS) is 7.20. The fourth-order valence-corrected chi connectivity index (χ4v) is 0. The van der Waals surface area contributed by atoms with Crippen LogP contribution < -0.4 is 0 Å². The van der Waals surface area contributed by atoms with Gasteiger partial charge in [-0.15, -0.1) is 0 Å². The molecule has 0 unspecified atom stereocenters. The van der Waals surface area contributed by atoms with Crippen molar-refractivity contribution in [2.24, 2.45) is 0 Å². The Balaban J connectivity index is 0. The van der Waals surface area contributed by atoms with E-state index in [-0.39, 0.29) is 7.43 Å². The Hall–Kier alpha value is 0.310. The second-order valence-corrected chi connectivity index (χ2v) is 0.805. The number of hydrogen-bond acceptors (Lipinski definition) is 3.